The third-order valence-electron chi connectivity index (χ3n) is 4.65. The molecule has 1 fully saturated rings. The minimum Gasteiger partial charge on any atom is -0.336 e. The first-order valence-corrected chi connectivity index (χ1v) is 10.1. The summed E-state index contributed by atoms with van der Waals surface area (Å²) in [6.07, 6.45) is 3.05. The van der Waals surface area contributed by atoms with E-state index < -0.39 is 21.7 Å². The van der Waals surface area contributed by atoms with Gasteiger partial charge < -0.3 is 4.90 Å². The van der Waals surface area contributed by atoms with Crippen molar-refractivity contribution >= 4 is 21.6 Å². The van der Waals surface area contributed by atoms with Crippen molar-refractivity contribution in [2.45, 2.75) is 37.1 Å². The van der Waals surface area contributed by atoms with Crippen LogP contribution < -0.4 is 4.72 Å². The van der Waals surface area contributed by atoms with E-state index in [0.717, 1.165) is 31.4 Å². The molecule has 1 aliphatic rings. The number of carbonyl (C=O) groups excluding carboxylic acids is 1. The van der Waals surface area contributed by atoms with E-state index in [1.807, 2.05) is 11.8 Å². The third kappa shape index (κ3) is 4.27. The number of anilines is 1. The predicted molar refractivity (Wildman–Crippen MR) is 98.0 cm³/mol. The molecule has 2 aromatic carbocycles. The van der Waals surface area contributed by atoms with Crippen LogP contribution in [0, 0.1) is 11.6 Å². The van der Waals surface area contributed by atoms with Crippen molar-refractivity contribution in [2.75, 3.05) is 11.3 Å². The molecule has 0 aromatic heterocycles. The Bertz CT molecular complexity index is 946. The molecule has 1 heterocycles. The molecule has 1 aliphatic heterocycles. The number of nitrogens with zero attached hydrogens (tertiary/aromatic N) is 1. The van der Waals surface area contributed by atoms with Crippen LogP contribution in [0.1, 0.15) is 36.5 Å². The Kier molecular flexibility index (Phi) is 5.46. The number of halogens is 2. The van der Waals surface area contributed by atoms with Gasteiger partial charge >= 0.3 is 0 Å². The van der Waals surface area contributed by atoms with Crippen LogP contribution in [0.5, 0.6) is 0 Å². The number of amides is 1. The van der Waals surface area contributed by atoms with Crippen molar-refractivity contribution in [1.82, 2.24) is 4.90 Å². The Morgan fingerprint density at radius 3 is 2.41 bits per heavy atom. The lowest BCUT2D eigenvalue weighted by Gasteiger charge is -2.33. The molecule has 1 N–H and O–H groups in total. The van der Waals surface area contributed by atoms with Gasteiger partial charge in [0, 0.05) is 23.8 Å². The number of hydrogen-bond donors (Lipinski definition) is 1. The van der Waals surface area contributed by atoms with Gasteiger partial charge in [0.15, 0.2) is 11.6 Å². The second kappa shape index (κ2) is 7.64. The van der Waals surface area contributed by atoms with E-state index in [2.05, 4.69) is 4.72 Å². The molecule has 1 unspecified atom stereocenters. The van der Waals surface area contributed by atoms with Crippen LogP contribution in [0.4, 0.5) is 14.5 Å². The largest absolute Gasteiger partial charge is 0.336 e. The van der Waals surface area contributed by atoms with E-state index in [9.17, 15) is 22.0 Å². The molecule has 144 valence electrons. The molecule has 0 aliphatic carbocycles. The second-order valence-corrected chi connectivity index (χ2v) is 8.28. The van der Waals surface area contributed by atoms with Gasteiger partial charge in [-0.1, -0.05) is 0 Å². The van der Waals surface area contributed by atoms with Gasteiger partial charge in [-0.25, -0.2) is 17.2 Å². The maximum atomic E-state index is 13.3. The van der Waals surface area contributed by atoms with Gasteiger partial charge in [0.2, 0.25) is 0 Å². The molecule has 27 heavy (non-hydrogen) atoms. The normalized spacial score (nSPS) is 17.6. The van der Waals surface area contributed by atoms with E-state index in [-0.39, 0.29) is 22.5 Å². The molecule has 5 nitrogen and oxygen atoms in total. The van der Waals surface area contributed by atoms with Gasteiger partial charge in [0.1, 0.15) is 0 Å². The first-order chi connectivity index (χ1) is 12.8. The molecule has 1 saturated heterocycles. The maximum absolute atomic E-state index is 13.3. The summed E-state index contributed by atoms with van der Waals surface area (Å²) in [4.78, 5) is 14.0. The zero-order chi connectivity index (χ0) is 19.6. The van der Waals surface area contributed by atoms with Crippen LogP contribution in [0.3, 0.4) is 0 Å². The quantitative estimate of drug-likeness (QED) is 0.858. The smallest absolute Gasteiger partial charge is 0.261 e. The first kappa shape index (κ1) is 19.3. The van der Waals surface area contributed by atoms with E-state index in [0.29, 0.717) is 18.2 Å². The van der Waals surface area contributed by atoms with Gasteiger partial charge in [-0.05, 0) is 68.7 Å². The van der Waals surface area contributed by atoms with Gasteiger partial charge in [-0.2, -0.15) is 0 Å². The summed E-state index contributed by atoms with van der Waals surface area (Å²) in [6, 6.07) is 8.57. The number of benzene rings is 2. The third-order valence-corrected chi connectivity index (χ3v) is 6.03. The molecule has 0 spiro atoms. The van der Waals surface area contributed by atoms with E-state index in [4.69, 9.17) is 0 Å². The van der Waals surface area contributed by atoms with E-state index >= 15 is 0 Å². The summed E-state index contributed by atoms with van der Waals surface area (Å²) in [7, 11) is -4.07. The minimum absolute atomic E-state index is 0.0859. The Labute approximate surface area is 157 Å². The van der Waals surface area contributed by atoms with Gasteiger partial charge in [-0.3, -0.25) is 9.52 Å². The van der Waals surface area contributed by atoms with Crippen LogP contribution >= 0.6 is 0 Å². The molecule has 0 radical (unpaired) electrons. The summed E-state index contributed by atoms with van der Waals surface area (Å²) in [5.74, 6) is -2.45. The monoisotopic (exact) mass is 394 g/mol. The molecular formula is C19H20F2N2O3S. The van der Waals surface area contributed by atoms with Crippen LogP contribution in [0.25, 0.3) is 0 Å². The lowest BCUT2D eigenvalue weighted by atomic mass is 10.0. The number of rotatable bonds is 4. The van der Waals surface area contributed by atoms with Crippen LogP contribution in [-0.4, -0.2) is 31.8 Å². The number of hydrogen-bond acceptors (Lipinski definition) is 3. The van der Waals surface area contributed by atoms with Gasteiger partial charge in [0.05, 0.1) is 4.90 Å². The summed E-state index contributed by atoms with van der Waals surface area (Å²) in [5, 5.41) is 0. The highest BCUT2D eigenvalue weighted by Crippen LogP contribution is 2.22. The van der Waals surface area contributed by atoms with Crippen molar-refractivity contribution in [2.24, 2.45) is 0 Å². The molecule has 2 aromatic rings. The fraction of sp³-hybridized carbons (Fsp3) is 0.316. The Balaban J connectivity index is 1.75. The minimum atomic E-state index is -4.07. The highest BCUT2D eigenvalue weighted by Gasteiger charge is 2.24. The average Bonchev–Trinajstić information content (AvgIpc) is 2.64. The summed E-state index contributed by atoms with van der Waals surface area (Å²) >= 11 is 0. The summed E-state index contributed by atoms with van der Waals surface area (Å²) in [6.45, 7) is 2.73. The molecule has 3 rings (SSSR count). The standard InChI is InChI=1S/C19H20F2N2O3S/c1-13-4-2-3-11-23(13)19(24)14-5-7-15(8-6-14)22-27(25,26)16-9-10-17(20)18(21)12-16/h5-10,12-13,22H,2-4,11H2,1H3. The summed E-state index contributed by atoms with van der Waals surface area (Å²) < 4.78 is 53.2. The Morgan fingerprint density at radius 1 is 1.07 bits per heavy atom. The highest BCUT2D eigenvalue weighted by molar-refractivity contribution is 7.92. The molecule has 0 saturated carbocycles. The molecule has 8 heteroatoms. The van der Waals surface area contributed by atoms with Crippen molar-refractivity contribution in [3.63, 3.8) is 0 Å². The maximum Gasteiger partial charge on any atom is 0.261 e. The van der Waals surface area contributed by atoms with Gasteiger partial charge in [-0.15, -0.1) is 0 Å². The molecule has 0 bridgehead atoms. The van der Waals surface area contributed by atoms with Crippen molar-refractivity contribution in [3.8, 4) is 0 Å². The number of sulfonamides is 1. The lowest BCUT2D eigenvalue weighted by Crippen LogP contribution is -2.42. The number of nitrogens with one attached hydrogen (secondary N) is 1. The molecule has 1 atom stereocenters. The SMILES string of the molecule is CC1CCCCN1C(=O)c1ccc(NS(=O)(=O)c2ccc(F)c(F)c2)cc1. The lowest BCUT2D eigenvalue weighted by molar-refractivity contribution is 0.0635. The van der Waals surface area contributed by atoms with Crippen molar-refractivity contribution in [3.05, 3.63) is 59.7 Å². The van der Waals surface area contributed by atoms with Crippen molar-refractivity contribution in [1.29, 1.82) is 0 Å². The topological polar surface area (TPSA) is 66.5 Å². The first-order valence-electron chi connectivity index (χ1n) is 8.67. The Morgan fingerprint density at radius 2 is 1.78 bits per heavy atom. The number of likely N-dealkylation sites (tertiary alicyclic amines) is 1. The predicted octanol–water partition coefficient (Wildman–Crippen LogP) is 3.78. The number of carbonyl (C=O) groups is 1. The van der Waals surface area contributed by atoms with Crippen LogP contribution in [-0.2, 0) is 10.0 Å². The van der Waals surface area contributed by atoms with Crippen molar-refractivity contribution < 1.29 is 22.0 Å². The molecule has 1 amide bonds. The summed E-state index contributed by atoms with van der Waals surface area (Å²) in [5.41, 5.74) is 0.697. The number of piperidine rings is 1. The second-order valence-electron chi connectivity index (χ2n) is 6.60. The zero-order valence-corrected chi connectivity index (χ0v) is 15.6. The molecular weight excluding hydrogens is 374 g/mol. The average molecular weight is 394 g/mol. The van der Waals surface area contributed by atoms with Crippen LogP contribution in [0.15, 0.2) is 47.4 Å². The van der Waals surface area contributed by atoms with E-state index in [1.165, 1.54) is 12.1 Å². The van der Waals surface area contributed by atoms with Crippen LogP contribution in [0.2, 0.25) is 0 Å². The fourth-order valence-electron chi connectivity index (χ4n) is 3.10. The zero-order valence-electron chi connectivity index (χ0n) is 14.8. The Hall–Kier alpha value is -2.48. The fourth-order valence-corrected chi connectivity index (χ4v) is 4.17. The highest BCUT2D eigenvalue weighted by atomic mass is 32.2. The van der Waals surface area contributed by atoms with Gasteiger partial charge in [0.25, 0.3) is 15.9 Å². The van der Waals surface area contributed by atoms with E-state index in [1.54, 1.807) is 12.1 Å².